The fraction of sp³-hybridized carbons (Fsp3) is 0.190. The third kappa shape index (κ3) is 6.32. The molecule has 8 heteroatoms. The average Bonchev–Trinajstić information content (AvgIpc) is 3.15. The molecule has 0 atom stereocenters. The minimum atomic E-state index is -0.377. The molecule has 3 rings (SSSR count). The van der Waals surface area contributed by atoms with E-state index in [-0.39, 0.29) is 18.4 Å². The zero-order valence-corrected chi connectivity index (χ0v) is 16.8. The highest BCUT2D eigenvalue weighted by molar-refractivity contribution is 7.14. The number of anilines is 2. The molecule has 0 radical (unpaired) electrons. The number of nitrogens with zero attached hydrogens (tertiary/aromatic N) is 1. The van der Waals surface area contributed by atoms with Crippen LogP contribution in [0.1, 0.15) is 11.3 Å². The van der Waals surface area contributed by atoms with Crippen molar-refractivity contribution in [2.24, 2.45) is 0 Å². The van der Waals surface area contributed by atoms with Crippen LogP contribution in [-0.2, 0) is 17.6 Å². The number of carbonyl (C=O) groups is 2. The first-order valence-electron chi connectivity index (χ1n) is 9.10. The van der Waals surface area contributed by atoms with Crippen LogP contribution in [0.5, 0.6) is 5.75 Å². The molecular weight excluding hydrogens is 388 g/mol. The van der Waals surface area contributed by atoms with Gasteiger partial charge in [0.25, 0.3) is 0 Å². The van der Waals surface area contributed by atoms with Gasteiger partial charge in [-0.15, -0.1) is 11.3 Å². The number of thiazole rings is 1. The summed E-state index contributed by atoms with van der Waals surface area (Å²) >= 11 is 1.28. The molecule has 0 aliphatic carbocycles. The lowest BCUT2D eigenvalue weighted by Gasteiger charge is -2.08. The number of benzene rings is 2. The van der Waals surface area contributed by atoms with Crippen molar-refractivity contribution < 1.29 is 14.3 Å². The van der Waals surface area contributed by atoms with Gasteiger partial charge in [-0.1, -0.05) is 36.4 Å². The van der Waals surface area contributed by atoms with Crippen molar-refractivity contribution in [2.45, 2.75) is 12.8 Å². The highest BCUT2D eigenvalue weighted by atomic mass is 32.1. The summed E-state index contributed by atoms with van der Waals surface area (Å²) in [5.41, 5.74) is 2.34. The molecule has 1 aromatic heterocycles. The molecule has 3 aromatic rings. The van der Waals surface area contributed by atoms with E-state index in [2.05, 4.69) is 20.9 Å². The van der Waals surface area contributed by atoms with Gasteiger partial charge in [0.05, 0.1) is 19.2 Å². The minimum absolute atomic E-state index is 0.120. The lowest BCUT2D eigenvalue weighted by molar-refractivity contribution is -0.120. The van der Waals surface area contributed by atoms with E-state index in [1.807, 2.05) is 42.5 Å². The van der Waals surface area contributed by atoms with Gasteiger partial charge in [-0.2, -0.15) is 0 Å². The third-order valence-corrected chi connectivity index (χ3v) is 4.86. The molecule has 3 N–H and O–H groups in total. The maximum absolute atomic E-state index is 12.2. The summed E-state index contributed by atoms with van der Waals surface area (Å²) in [6.45, 7) is 0.508. The number of methoxy groups -OCH3 is 1. The van der Waals surface area contributed by atoms with Gasteiger partial charge in [-0.3, -0.25) is 10.1 Å². The normalized spacial score (nSPS) is 10.2. The maximum atomic E-state index is 12.2. The zero-order chi connectivity index (χ0) is 20.5. The van der Waals surface area contributed by atoms with Gasteiger partial charge in [0.1, 0.15) is 5.75 Å². The first-order chi connectivity index (χ1) is 14.1. The Morgan fingerprint density at radius 2 is 1.79 bits per heavy atom. The Hall–Kier alpha value is -3.39. The number of aromatic nitrogens is 1. The lowest BCUT2D eigenvalue weighted by Crippen LogP contribution is -2.27. The summed E-state index contributed by atoms with van der Waals surface area (Å²) in [4.78, 5) is 28.4. The monoisotopic (exact) mass is 410 g/mol. The third-order valence-electron chi connectivity index (χ3n) is 4.05. The van der Waals surface area contributed by atoms with Crippen molar-refractivity contribution in [2.75, 3.05) is 24.3 Å². The lowest BCUT2D eigenvalue weighted by atomic mass is 10.1. The standard InChI is InChI=1S/C21H22N4O3S/c1-28-18-10-6-5-7-15(18)11-12-22-19(26)13-17-14-29-21(24-17)25-20(27)23-16-8-3-2-4-9-16/h2-10,14H,11-13H2,1H3,(H,22,26)(H2,23,24,25,27). The van der Waals surface area contributed by atoms with Crippen LogP contribution >= 0.6 is 11.3 Å². The number of urea groups is 1. The highest BCUT2D eigenvalue weighted by Gasteiger charge is 2.10. The SMILES string of the molecule is COc1ccccc1CCNC(=O)Cc1csc(NC(=O)Nc2ccccc2)n1. The first kappa shape index (κ1) is 20.3. The molecule has 0 spiro atoms. The smallest absolute Gasteiger partial charge is 0.325 e. The molecule has 1 heterocycles. The predicted octanol–water partition coefficient (Wildman–Crippen LogP) is 3.70. The van der Waals surface area contributed by atoms with E-state index in [9.17, 15) is 9.59 Å². The number of para-hydroxylation sites is 2. The summed E-state index contributed by atoms with van der Waals surface area (Å²) in [5, 5.41) is 10.5. The zero-order valence-electron chi connectivity index (χ0n) is 16.0. The van der Waals surface area contributed by atoms with Gasteiger partial charge in [-0.25, -0.2) is 9.78 Å². The largest absolute Gasteiger partial charge is 0.496 e. The Kier molecular flexibility index (Phi) is 7.18. The minimum Gasteiger partial charge on any atom is -0.496 e. The van der Waals surface area contributed by atoms with Crippen molar-refractivity contribution in [1.82, 2.24) is 10.3 Å². The number of hydrogen-bond donors (Lipinski definition) is 3. The van der Waals surface area contributed by atoms with Crippen molar-refractivity contribution in [3.63, 3.8) is 0 Å². The quantitative estimate of drug-likeness (QED) is 0.528. The number of amides is 3. The molecule has 0 fully saturated rings. The van der Waals surface area contributed by atoms with Crippen molar-refractivity contribution in [1.29, 1.82) is 0 Å². The summed E-state index contributed by atoms with van der Waals surface area (Å²) in [6.07, 6.45) is 0.837. The fourth-order valence-electron chi connectivity index (χ4n) is 2.70. The number of rotatable bonds is 8. The van der Waals surface area contributed by atoms with Crippen molar-refractivity contribution in [3.8, 4) is 5.75 Å². The molecule has 0 aliphatic rings. The average molecular weight is 410 g/mol. The molecule has 0 saturated carbocycles. The van der Waals surface area contributed by atoms with Crippen LogP contribution in [0.2, 0.25) is 0 Å². The van der Waals surface area contributed by atoms with Gasteiger partial charge >= 0.3 is 6.03 Å². The van der Waals surface area contributed by atoms with Gasteiger partial charge in [-0.05, 0) is 30.2 Å². The second-order valence-corrected chi connectivity index (χ2v) is 7.04. The predicted molar refractivity (Wildman–Crippen MR) is 115 cm³/mol. The number of nitrogens with one attached hydrogen (secondary N) is 3. The van der Waals surface area contributed by atoms with Crippen LogP contribution in [0.15, 0.2) is 60.0 Å². The van der Waals surface area contributed by atoms with E-state index >= 15 is 0 Å². The van der Waals surface area contributed by atoms with E-state index < -0.39 is 0 Å². The fourth-order valence-corrected chi connectivity index (χ4v) is 3.40. The first-order valence-corrected chi connectivity index (χ1v) is 9.98. The number of ether oxygens (including phenoxy) is 1. The summed E-state index contributed by atoms with van der Waals surface area (Å²) in [7, 11) is 1.63. The molecule has 0 saturated heterocycles. The molecule has 0 bridgehead atoms. The van der Waals surface area contributed by atoms with Crippen LogP contribution in [0, 0.1) is 0 Å². The van der Waals surface area contributed by atoms with Crippen LogP contribution in [-0.4, -0.2) is 30.6 Å². The van der Waals surface area contributed by atoms with Gasteiger partial charge in [0, 0.05) is 17.6 Å². The molecule has 0 aliphatic heterocycles. The Bertz CT molecular complexity index is 959. The molecule has 0 unspecified atom stereocenters. The summed E-state index contributed by atoms with van der Waals surface area (Å²) in [5.74, 6) is 0.691. The van der Waals surface area contributed by atoms with Crippen LogP contribution in [0.4, 0.5) is 15.6 Å². The second-order valence-electron chi connectivity index (χ2n) is 6.18. The molecular formula is C21H22N4O3S. The van der Waals surface area contributed by atoms with Gasteiger partial charge < -0.3 is 15.4 Å². The highest BCUT2D eigenvalue weighted by Crippen LogP contribution is 2.18. The summed E-state index contributed by atoms with van der Waals surface area (Å²) < 4.78 is 5.31. The molecule has 2 aromatic carbocycles. The Morgan fingerprint density at radius 1 is 1.03 bits per heavy atom. The van der Waals surface area contributed by atoms with E-state index in [0.29, 0.717) is 29.5 Å². The molecule has 7 nitrogen and oxygen atoms in total. The van der Waals surface area contributed by atoms with E-state index in [4.69, 9.17) is 4.74 Å². The van der Waals surface area contributed by atoms with Gasteiger partial charge in [0.15, 0.2) is 5.13 Å². The van der Waals surface area contributed by atoms with E-state index in [1.54, 1.807) is 24.6 Å². The topological polar surface area (TPSA) is 92.4 Å². The Labute approximate surface area is 173 Å². The Morgan fingerprint density at radius 3 is 2.59 bits per heavy atom. The summed E-state index contributed by atoms with van der Waals surface area (Å²) in [6, 6.07) is 16.5. The van der Waals surface area contributed by atoms with Crippen molar-refractivity contribution >= 4 is 34.1 Å². The molecule has 150 valence electrons. The van der Waals surface area contributed by atoms with E-state index in [0.717, 1.165) is 11.3 Å². The van der Waals surface area contributed by atoms with Crippen LogP contribution in [0.3, 0.4) is 0 Å². The second kappa shape index (κ2) is 10.2. The number of hydrogen-bond acceptors (Lipinski definition) is 5. The maximum Gasteiger partial charge on any atom is 0.325 e. The van der Waals surface area contributed by atoms with Gasteiger partial charge in [0.2, 0.25) is 5.91 Å². The number of carbonyl (C=O) groups excluding carboxylic acids is 2. The molecule has 29 heavy (non-hydrogen) atoms. The molecule has 3 amide bonds. The van der Waals surface area contributed by atoms with Crippen LogP contribution < -0.4 is 20.7 Å². The van der Waals surface area contributed by atoms with E-state index in [1.165, 1.54) is 11.3 Å². The van der Waals surface area contributed by atoms with Crippen LogP contribution in [0.25, 0.3) is 0 Å². The van der Waals surface area contributed by atoms with Crippen molar-refractivity contribution in [3.05, 3.63) is 71.2 Å². The Balaban J connectivity index is 1.43.